The molecule has 0 aliphatic rings. The second kappa shape index (κ2) is 5.34. The van der Waals surface area contributed by atoms with E-state index in [-0.39, 0.29) is 11.7 Å². The fraction of sp³-hybridized carbons (Fsp3) is 0.200. The molecule has 0 amide bonds. The number of alkyl halides is 3. The van der Waals surface area contributed by atoms with Crippen molar-refractivity contribution in [2.75, 3.05) is 0 Å². The van der Waals surface area contributed by atoms with Crippen LogP contribution >= 0.6 is 0 Å². The van der Waals surface area contributed by atoms with Gasteiger partial charge in [-0.25, -0.2) is 0 Å². The van der Waals surface area contributed by atoms with Crippen molar-refractivity contribution in [1.82, 2.24) is 0 Å². The molecule has 0 radical (unpaired) electrons. The summed E-state index contributed by atoms with van der Waals surface area (Å²) in [6.45, 7) is 1.95. The van der Waals surface area contributed by atoms with Gasteiger partial charge in [0.25, 0.3) is 0 Å². The first kappa shape index (κ1) is 13.5. The van der Waals surface area contributed by atoms with Gasteiger partial charge in [0.05, 0.1) is 0 Å². The third-order valence-electron chi connectivity index (χ3n) is 2.89. The van der Waals surface area contributed by atoms with Crippen LogP contribution in [0.1, 0.15) is 24.0 Å². The molecule has 2 aromatic rings. The highest BCUT2D eigenvalue weighted by molar-refractivity contribution is 5.36. The van der Waals surface area contributed by atoms with Crippen molar-refractivity contribution in [3.05, 3.63) is 65.7 Å². The Kier molecular flexibility index (Phi) is 3.79. The lowest BCUT2D eigenvalue weighted by Gasteiger charge is -2.14. The summed E-state index contributed by atoms with van der Waals surface area (Å²) in [6, 6.07) is 15.7. The minimum atomic E-state index is -4.66. The molecule has 0 spiro atoms. The predicted octanol–water partition coefficient (Wildman–Crippen LogP) is 4.74. The van der Waals surface area contributed by atoms with Crippen molar-refractivity contribution < 1.29 is 17.9 Å². The van der Waals surface area contributed by atoms with E-state index in [9.17, 15) is 13.2 Å². The Bertz CT molecular complexity index is 535. The third kappa shape index (κ3) is 3.74. The first-order valence-corrected chi connectivity index (χ1v) is 5.86. The molecule has 4 heteroatoms. The number of halogens is 3. The SMILES string of the molecule is CC(c1ccccc1)c1cccc(OC(F)(F)F)c1. The van der Waals surface area contributed by atoms with E-state index in [0.29, 0.717) is 0 Å². The zero-order chi connectivity index (χ0) is 13.9. The highest BCUT2D eigenvalue weighted by Gasteiger charge is 2.31. The molecule has 2 rings (SSSR count). The van der Waals surface area contributed by atoms with Crippen LogP contribution in [0.3, 0.4) is 0 Å². The van der Waals surface area contributed by atoms with Crippen molar-refractivity contribution in [2.24, 2.45) is 0 Å². The molecule has 0 aliphatic carbocycles. The summed E-state index contributed by atoms with van der Waals surface area (Å²) in [5, 5.41) is 0. The summed E-state index contributed by atoms with van der Waals surface area (Å²) in [6.07, 6.45) is -4.66. The molecule has 2 aromatic carbocycles. The summed E-state index contributed by atoms with van der Waals surface area (Å²) in [7, 11) is 0. The van der Waals surface area contributed by atoms with E-state index < -0.39 is 6.36 Å². The lowest BCUT2D eigenvalue weighted by Crippen LogP contribution is -2.17. The van der Waals surface area contributed by atoms with Crippen LogP contribution in [-0.2, 0) is 0 Å². The van der Waals surface area contributed by atoms with Crippen LogP contribution in [0.2, 0.25) is 0 Å². The molecule has 0 heterocycles. The van der Waals surface area contributed by atoms with Crippen LogP contribution in [0.15, 0.2) is 54.6 Å². The maximum Gasteiger partial charge on any atom is 0.573 e. The third-order valence-corrected chi connectivity index (χ3v) is 2.89. The molecular weight excluding hydrogens is 253 g/mol. The van der Waals surface area contributed by atoms with Crippen molar-refractivity contribution in [3.8, 4) is 5.75 Å². The van der Waals surface area contributed by atoms with Crippen molar-refractivity contribution in [1.29, 1.82) is 0 Å². The average Bonchev–Trinajstić information content (AvgIpc) is 2.37. The molecule has 0 saturated heterocycles. The predicted molar refractivity (Wildman–Crippen MR) is 67.1 cm³/mol. The summed E-state index contributed by atoms with van der Waals surface area (Å²) in [4.78, 5) is 0. The van der Waals surface area contributed by atoms with Gasteiger partial charge in [-0.3, -0.25) is 0 Å². The summed E-state index contributed by atoms with van der Waals surface area (Å²) in [5.74, 6) is -0.175. The largest absolute Gasteiger partial charge is 0.573 e. The van der Waals surface area contributed by atoms with Gasteiger partial charge in [0, 0.05) is 5.92 Å². The first-order valence-electron chi connectivity index (χ1n) is 5.86. The number of rotatable bonds is 3. The van der Waals surface area contributed by atoms with Gasteiger partial charge in [0.2, 0.25) is 0 Å². The Balaban J connectivity index is 2.24. The van der Waals surface area contributed by atoms with Gasteiger partial charge in [-0.05, 0) is 23.3 Å². The summed E-state index contributed by atoms with van der Waals surface area (Å²) >= 11 is 0. The summed E-state index contributed by atoms with van der Waals surface area (Å²) < 4.78 is 40.5. The fourth-order valence-corrected chi connectivity index (χ4v) is 1.92. The van der Waals surface area contributed by atoms with E-state index in [2.05, 4.69) is 4.74 Å². The van der Waals surface area contributed by atoms with E-state index in [0.717, 1.165) is 11.1 Å². The van der Waals surface area contributed by atoms with E-state index in [1.807, 2.05) is 37.3 Å². The number of benzene rings is 2. The Labute approximate surface area is 109 Å². The van der Waals surface area contributed by atoms with E-state index in [4.69, 9.17) is 0 Å². The van der Waals surface area contributed by atoms with E-state index >= 15 is 0 Å². The van der Waals surface area contributed by atoms with Gasteiger partial charge >= 0.3 is 6.36 Å². The average molecular weight is 266 g/mol. The molecule has 1 atom stereocenters. The molecule has 1 unspecified atom stereocenters. The van der Waals surface area contributed by atoms with Crippen LogP contribution in [0.25, 0.3) is 0 Å². The van der Waals surface area contributed by atoms with Gasteiger partial charge in [0.15, 0.2) is 0 Å². The normalized spacial score (nSPS) is 13.1. The minimum Gasteiger partial charge on any atom is -0.406 e. The number of ether oxygens (including phenoxy) is 1. The quantitative estimate of drug-likeness (QED) is 0.779. The standard InChI is InChI=1S/C15H13F3O/c1-11(12-6-3-2-4-7-12)13-8-5-9-14(10-13)19-15(16,17)18/h2-11H,1H3. The first-order chi connectivity index (χ1) is 8.96. The maximum atomic E-state index is 12.2. The lowest BCUT2D eigenvalue weighted by atomic mass is 9.93. The fourth-order valence-electron chi connectivity index (χ4n) is 1.92. The number of hydrogen-bond donors (Lipinski definition) is 0. The van der Waals surface area contributed by atoms with Crippen LogP contribution in [0, 0.1) is 0 Å². The van der Waals surface area contributed by atoms with Crippen LogP contribution < -0.4 is 4.74 Å². The highest BCUT2D eigenvalue weighted by Crippen LogP contribution is 2.29. The van der Waals surface area contributed by atoms with Gasteiger partial charge < -0.3 is 4.74 Å². The Hall–Kier alpha value is -1.97. The second-order valence-corrected chi connectivity index (χ2v) is 4.25. The Morgan fingerprint density at radius 3 is 2.16 bits per heavy atom. The van der Waals surface area contributed by atoms with Gasteiger partial charge in [-0.15, -0.1) is 13.2 Å². The molecule has 0 saturated carbocycles. The second-order valence-electron chi connectivity index (χ2n) is 4.25. The Morgan fingerprint density at radius 2 is 1.53 bits per heavy atom. The van der Waals surface area contributed by atoms with Crippen LogP contribution in [0.5, 0.6) is 5.75 Å². The molecule has 100 valence electrons. The minimum absolute atomic E-state index is 0.0120. The number of hydrogen-bond acceptors (Lipinski definition) is 1. The maximum absolute atomic E-state index is 12.2. The van der Waals surface area contributed by atoms with Gasteiger partial charge in [-0.2, -0.15) is 0 Å². The van der Waals surface area contributed by atoms with E-state index in [1.54, 1.807) is 12.1 Å². The zero-order valence-corrected chi connectivity index (χ0v) is 10.3. The van der Waals surface area contributed by atoms with E-state index in [1.165, 1.54) is 12.1 Å². The topological polar surface area (TPSA) is 9.23 Å². The van der Waals surface area contributed by atoms with Crippen LogP contribution in [0.4, 0.5) is 13.2 Å². The Morgan fingerprint density at radius 1 is 0.895 bits per heavy atom. The molecule has 0 bridgehead atoms. The molecule has 0 N–H and O–H groups in total. The lowest BCUT2D eigenvalue weighted by molar-refractivity contribution is -0.274. The van der Waals surface area contributed by atoms with Gasteiger partial charge in [0.1, 0.15) is 5.75 Å². The molecule has 0 aliphatic heterocycles. The van der Waals surface area contributed by atoms with Gasteiger partial charge in [-0.1, -0.05) is 49.4 Å². The molecule has 19 heavy (non-hydrogen) atoms. The monoisotopic (exact) mass is 266 g/mol. The zero-order valence-electron chi connectivity index (χ0n) is 10.3. The van der Waals surface area contributed by atoms with Crippen molar-refractivity contribution in [2.45, 2.75) is 19.2 Å². The van der Waals surface area contributed by atoms with Crippen molar-refractivity contribution in [3.63, 3.8) is 0 Å². The highest BCUT2D eigenvalue weighted by atomic mass is 19.4. The molecule has 0 aromatic heterocycles. The molecule has 1 nitrogen and oxygen atoms in total. The smallest absolute Gasteiger partial charge is 0.406 e. The summed E-state index contributed by atoms with van der Waals surface area (Å²) in [5.41, 5.74) is 1.83. The van der Waals surface area contributed by atoms with Crippen LogP contribution in [-0.4, -0.2) is 6.36 Å². The molecular formula is C15H13F3O. The van der Waals surface area contributed by atoms with Crippen molar-refractivity contribution >= 4 is 0 Å². The molecule has 0 fully saturated rings.